The number of aromatic nitrogens is 2. The van der Waals surface area contributed by atoms with Crippen molar-refractivity contribution >= 4 is 10.0 Å². The number of nitrogens with zero attached hydrogens (tertiary/aromatic N) is 4. The van der Waals surface area contributed by atoms with Gasteiger partial charge in [-0.25, -0.2) is 13.2 Å². The Morgan fingerprint density at radius 2 is 1.88 bits per heavy atom. The molecule has 0 radical (unpaired) electrons. The van der Waals surface area contributed by atoms with E-state index in [1.807, 2.05) is 0 Å². The first kappa shape index (κ1) is 20.8. The number of aliphatic hydroxyl groups is 1. The highest BCUT2D eigenvalue weighted by atomic mass is 32.2. The van der Waals surface area contributed by atoms with Gasteiger partial charge in [-0.1, -0.05) is 13.8 Å². The maximum absolute atomic E-state index is 13.0. The quantitative estimate of drug-likeness (QED) is 0.656. The van der Waals surface area contributed by atoms with Gasteiger partial charge in [0.2, 0.25) is 10.0 Å². The summed E-state index contributed by atoms with van der Waals surface area (Å²) in [7, 11) is -1.35. The zero-order chi connectivity index (χ0) is 19.6. The molecule has 1 aliphatic rings. The van der Waals surface area contributed by atoms with E-state index in [-0.39, 0.29) is 25.7 Å². The highest BCUT2D eigenvalue weighted by Crippen LogP contribution is 2.20. The second kappa shape index (κ2) is 8.03. The summed E-state index contributed by atoms with van der Waals surface area (Å²) >= 11 is 0. The van der Waals surface area contributed by atoms with Crippen LogP contribution in [0.5, 0.6) is 0 Å². The Kier molecular flexibility index (Phi) is 6.43. The maximum Gasteiger partial charge on any atom is 0.330 e. The van der Waals surface area contributed by atoms with Crippen molar-refractivity contribution < 1.29 is 13.5 Å². The highest BCUT2D eigenvalue weighted by Gasteiger charge is 2.36. The van der Waals surface area contributed by atoms with Crippen LogP contribution in [-0.4, -0.2) is 70.7 Å². The summed E-state index contributed by atoms with van der Waals surface area (Å²) in [4.78, 5) is 25.9. The van der Waals surface area contributed by atoms with Crippen LogP contribution in [0, 0.1) is 5.92 Å². The molecule has 1 N–H and O–H groups in total. The number of aryl methyl sites for hydroxylation is 1. The van der Waals surface area contributed by atoms with Crippen LogP contribution >= 0.6 is 0 Å². The lowest BCUT2D eigenvalue weighted by Crippen LogP contribution is -2.56. The second-order valence-corrected chi connectivity index (χ2v) is 9.08. The lowest BCUT2D eigenvalue weighted by Gasteiger charge is -2.41. The number of piperazine rings is 1. The van der Waals surface area contributed by atoms with Crippen molar-refractivity contribution in [1.29, 1.82) is 0 Å². The standard InChI is InChI=1S/C16H28N4O5S/c1-12(2)9-19-6-7-20(10-13(19)5-8-21)26(24,25)14-11-17(3)16(23)18(4)15(14)22/h11-13,21H,5-10H2,1-4H3. The molecule has 1 fully saturated rings. The molecule has 0 aromatic carbocycles. The number of hydrogen-bond acceptors (Lipinski definition) is 6. The topological polar surface area (TPSA) is 105 Å². The molecule has 9 nitrogen and oxygen atoms in total. The van der Waals surface area contributed by atoms with Crippen LogP contribution in [0.1, 0.15) is 20.3 Å². The summed E-state index contributed by atoms with van der Waals surface area (Å²) < 4.78 is 29.2. The maximum atomic E-state index is 13.0. The Morgan fingerprint density at radius 3 is 2.46 bits per heavy atom. The molecule has 2 rings (SSSR count). The van der Waals surface area contributed by atoms with Crippen molar-refractivity contribution in [2.45, 2.75) is 31.2 Å². The van der Waals surface area contributed by atoms with Gasteiger partial charge in [0.15, 0.2) is 4.90 Å². The molecule has 0 aliphatic carbocycles. The molecule has 1 unspecified atom stereocenters. The van der Waals surface area contributed by atoms with Crippen molar-refractivity contribution in [1.82, 2.24) is 18.3 Å². The summed E-state index contributed by atoms with van der Waals surface area (Å²) in [6.07, 6.45) is 1.55. The molecule has 26 heavy (non-hydrogen) atoms. The Labute approximate surface area is 153 Å². The largest absolute Gasteiger partial charge is 0.396 e. The van der Waals surface area contributed by atoms with Gasteiger partial charge in [0.1, 0.15) is 0 Å². The van der Waals surface area contributed by atoms with E-state index in [1.165, 1.54) is 18.4 Å². The lowest BCUT2D eigenvalue weighted by atomic mass is 10.1. The zero-order valence-electron chi connectivity index (χ0n) is 15.8. The average Bonchev–Trinajstić information content (AvgIpc) is 2.57. The molecule has 1 aromatic heterocycles. The number of rotatable bonds is 6. The van der Waals surface area contributed by atoms with Crippen LogP contribution in [0.25, 0.3) is 0 Å². The molecule has 0 amide bonds. The van der Waals surface area contributed by atoms with Crippen LogP contribution in [0.15, 0.2) is 20.7 Å². The van der Waals surface area contributed by atoms with Gasteiger partial charge in [-0.15, -0.1) is 0 Å². The van der Waals surface area contributed by atoms with Crippen LogP contribution in [0.2, 0.25) is 0 Å². The third kappa shape index (κ3) is 4.08. The van der Waals surface area contributed by atoms with E-state index in [2.05, 4.69) is 18.7 Å². The Bertz CT molecular complexity index is 858. The molecule has 148 valence electrons. The van der Waals surface area contributed by atoms with Gasteiger partial charge >= 0.3 is 5.69 Å². The first-order valence-corrected chi connectivity index (χ1v) is 10.1. The predicted octanol–water partition coefficient (Wildman–Crippen LogP) is -1.20. The monoisotopic (exact) mass is 388 g/mol. The average molecular weight is 388 g/mol. The molecular formula is C16H28N4O5S. The molecule has 1 saturated heterocycles. The van der Waals surface area contributed by atoms with Crippen molar-refractivity contribution in [3.05, 3.63) is 27.0 Å². The Hall–Kier alpha value is -1.49. The molecule has 1 atom stereocenters. The Morgan fingerprint density at radius 1 is 1.23 bits per heavy atom. The fourth-order valence-electron chi connectivity index (χ4n) is 3.31. The van der Waals surface area contributed by atoms with E-state index < -0.39 is 26.2 Å². The normalized spacial score (nSPS) is 20.0. The third-order valence-corrected chi connectivity index (χ3v) is 6.51. The van der Waals surface area contributed by atoms with Gasteiger partial charge in [0.25, 0.3) is 5.56 Å². The second-order valence-electron chi connectivity index (χ2n) is 7.17. The minimum atomic E-state index is -4.03. The molecule has 1 aromatic rings. The fourth-order valence-corrected chi connectivity index (χ4v) is 4.92. The van der Waals surface area contributed by atoms with Gasteiger partial charge in [-0.05, 0) is 12.3 Å². The summed E-state index contributed by atoms with van der Waals surface area (Å²) in [5.41, 5.74) is -1.40. The first-order valence-electron chi connectivity index (χ1n) is 8.71. The van der Waals surface area contributed by atoms with Gasteiger partial charge in [0, 0.05) is 59.1 Å². The minimum Gasteiger partial charge on any atom is -0.396 e. The summed E-state index contributed by atoms with van der Waals surface area (Å²) in [5, 5.41) is 9.34. The first-order chi connectivity index (χ1) is 12.1. The van der Waals surface area contributed by atoms with E-state index in [0.717, 1.165) is 21.9 Å². The van der Waals surface area contributed by atoms with Gasteiger partial charge in [-0.3, -0.25) is 14.3 Å². The van der Waals surface area contributed by atoms with Crippen molar-refractivity contribution in [2.75, 3.05) is 32.8 Å². The summed E-state index contributed by atoms with van der Waals surface area (Å²) in [5.74, 6) is 0.426. The number of sulfonamides is 1. The van der Waals surface area contributed by atoms with E-state index in [4.69, 9.17) is 0 Å². The predicted molar refractivity (Wildman–Crippen MR) is 97.6 cm³/mol. The summed E-state index contributed by atoms with van der Waals surface area (Å²) in [6, 6.07) is -0.109. The van der Waals surface area contributed by atoms with Crippen LogP contribution in [-0.2, 0) is 24.1 Å². The molecule has 1 aliphatic heterocycles. The summed E-state index contributed by atoms with van der Waals surface area (Å²) in [6.45, 7) is 5.98. The fraction of sp³-hybridized carbons (Fsp3) is 0.750. The minimum absolute atomic E-state index is 0.0330. The zero-order valence-corrected chi connectivity index (χ0v) is 16.6. The Balaban J connectivity index is 2.36. The van der Waals surface area contributed by atoms with Crippen molar-refractivity contribution in [3.8, 4) is 0 Å². The molecule has 0 saturated carbocycles. The van der Waals surface area contributed by atoms with Gasteiger partial charge in [0.05, 0.1) is 0 Å². The molecule has 10 heteroatoms. The van der Waals surface area contributed by atoms with Crippen molar-refractivity contribution in [3.63, 3.8) is 0 Å². The van der Waals surface area contributed by atoms with Crippen LogP contribution in [0.4, 0.5) is 0 Å². The molecular weight excluding hydrogens is 360 g/mol. The van der Waals surface area contributed by atoms with E-state index in [0.29, 0.717) is 18.9 Å². The van der Waals surface area contributed by atoms with Gasteiger partial charge < -0.3 is 9.67 Å². The lowest BCUT2D eigenvalue weighted by molar-refractivity contribution is 0.0852. The van der Waals surface area contributed by atoms with Crippen LogP contribution < -0.4 is 11.2 Å². The van der Waals surface area contributed by atoms with Crippen molar-refractivity contribution in [2.24, 2.45) is 20.0 Å². The molecule has 2 heterocycles. The number of hydrogen-bond donors (Lipinski definition) is 1. The number of aliphatic hydroxyl groups excluding tert-OH is 1. The molecule has 0 spiro atoms. The van der Waals surface area contributed by atoms with E-state index in [9.17, 15) is 23.1 Å². The highest BCUT2D eigenvalue weighted by molar-refractivity contribution is 7.89. The van der Waals surface area contributed by atoms with Crippen LogP contribution in [0.3, 0.4) is 0 Å². The van der Waals surface area contributed by atoms with E-state index in [1.54, 1.807) is 0 Å². The smallest absolute Gasteiger partial charge is 0.330 e. The van der Waals surface area contributed by atoms with E-state index >= 15 is 0 Å². The third-order valence-electron chi connectivity index (χ3n) is 4.66. The molecule has 0 bridgehead atoms. The SMILES string of the molecule is CC(C)CN1CCN(S(=O)(=O)c2cn(C)c(=O)n(C)c2=O)CC1CCO. The van der Waals surface area contributed by atoms with Gasteiger partial charge in [-0.2, -0.15) is 4.31 Å².